The molecule has 1 aliphatic carbocycles. The fourth-order valence-electron chi connectivity index (χ4n) is 2.47. The van der Waals surface area contributed by atoms with Crippen LogP contribution in [0.4, 0.5) is 0 Å². The average molecular weight is 223 g/mol. The van der Waals surface area contributed by atoms with Crippen molar-refractivity contribution < 1.29 is 9.52 Å². The van der Waals surface area contributed by atoms with Gasteiger partial charge < -0.3 is 14.8 Å². The van der Waals surface area contributed by atoms with Crippen molar-refractivity contribution in [1.82, 2.24) is 5.32 Å². The Morgan fingerprint density at radius 3 is 2.75 bits per heavy atom. The summed E-state index contributed by atoms with van der Waals surface area (Å²) in [6.07, 6.45) is 5.85. The quantitative estimate of drug-likeness (QED) is 0.824. The first-order chi connectivity index (χ1) is 7.61. The molecule has 3 nitrogen and oxygen atoms in total. The van der Waals surface area contributed by atoms with Crippen molar-refractivity contribution in [2.75, 3.05) is 6.54 Å². The molecule has 90 valence electrons. The Hall–Kier alpha value is -0.800. The van der Waals surface area contributed by atoms with Gasteiger partial charge in [0.2, 0.25) is 0 Å². The van der Waals surface area contributed by atoms with E-state index in [0.29, 0.717) is 6.54 Å². The molecule has 2 N–H and O–H groups in total. The maximum Gasteiger partial charge on any atom is 0.123 e. The molecule has 1 aromatic rings. The molecule has 1 fully saturated rings. The van der Waals surface area contributed by atoms with Crippen LogP contribution in [0.15, 0.2) is 16.7 Å². The molecule has 0 amide bonds. The third kappa shape index (κ3) is 2.47. The molecule has 0 bridgehead atoms. The molecule has 1 atom stereocenters. The van der Waals surface area contributed by atoms with Crippen molar-refractivity contribution in [2.24, 2.45) is 0 Å². The van der Waals surface area contributed by atoms with Crippen LogP contribution in [-0.4, -0.2) is 17.3 Å². The molecule has 1 heterocycles. The van der Waals surface area contributed by atoms with Crippen LogP contribution in [-0.2, 0) is 0 Å². The lowest BCUT2D eigenvalue weighted by molar-refractivity contribution is 0.0447. The molecule has 0 spiro atoms. The number of aryl methyl sites for hydroxylation is 1. The Morgan fingerprint density at radius 2 is 2.19 bits per heavy atom. The van der Waals surface area contributed by atoms with E-state index in [2.05, 4.69) is 12.2 Å². The summed E-state index contributed by atoms with van der Waals surface area (Å²) in [5, 5.41) is 13.6. The highest BCUT2D eigenvalue weighted by molar-refractivity contribution is 5.17. The third-order valence-electron chi connectivity index (χ3n) is 3.57. The van der Waals surface area contributed by atoms with E-state index < -0.39 is 5.60 Å². The van der Waals surface area contributed by atoms with Crippen molar-refractivity contribution in [3.05, 3.63) is 23.7 Å². The van der Waals surface area contributed by atoms with Crippen LogP contribution in [0.25, 0.3) is 0 Å². The van der Waals surface area contributed by atoms with Gasteiger partial charge in [-0.15, -0.1) is 0 Å². The van der Waals surface area contributed by atoms with E-state index in [9.17, 15) is 5.11 Å². The van der Waals surface area contributed by atoms with Crippen molar-refractivity contribution in [3.63, 3.8) is 0 Å². The van der Waals surface area contributed by atoms with Gasteiger partial charge in [-0.25, -0.2) is 0 Å². The molecule has 0 saturated heterocycles. The molecule has 2 rings (SSSR count). The minimum Gasteiger partial charge on any atom is -0.467 e. The number of nitrogens with one attached hydrogen (secondary N) is 1. The van der Waals surface area contributed by atoms with Gasteiger partial charge in [-0.2, -0.15) is 0 Å². The van der Waals surface area contributed by atoms with Crippen LogP contribution >= 0.6 is 0 Å². The van der Waals surface area contributed by atoms with Gasteiger partial charge in [-0.3, -0.25) is 0 Å². The summed E-state index contributed by atoms with van der Waals surface area (Å²) in [5.74, 6) is 0.974. The van der Waals surface area contributed by atoms with Crippen molar-refractivity contribution in [3.8, 4) is 0 Å². The predicted molar refractivity (Wildman–Crippen MR) is 63.3 cm³/mol. The Balaban J connectivity index is 1.88. The summed E-state index contributed by atoms with van der Waals surface area (Å²) >= 11 is 0. The van der Waals surface area contributed by atoms with E-state index in [1.807, 2.05) is 13.0 Å². The van der Waals surface area contributed by atoms with Crippen LogP contribution in [0, 0.1) is 6.92 Å². The minimum atomic E-state index is -0.491. The molecule has 1 saturated carbocycles. The smallest absolute Gasteiger partial charge is 0.123 e. The molecule has 0 aromatic carbocycles. The second-order valence-electron chi connectivity index (χ2n) is 5.00. The van der Waals surface area contributed by atoms with E-state index in [0.717, 1.165) is 31.4 Å². The molecule has 1 aliphatic rings. The zero-order valence-corrected chi connectivity index (χ0v) is 10.1. The highest BCUT2D eigenvalue weighted by Crippen LogP contribution is 2.29. The number of hydrogen-bond acceptors (Lipinski definition) is 3. The average Bonchev–Trinajstić information content (AvgIpc) is 2.85. The second kappa shape index (κ2) is 4.60. The third-order valence-corrected chi connectivity index (χ3v) is 3.57. The number of rotatable bonds is 4. The fourth-order valence-corrected chi connectivity index (χ4v) is 2.47. The van der Waals surface area contributed by atoms with Gasteiger partial charge in [0.05, 0.1) is 17.9 Å². The van der Waals surface area contributed by atoms with Crippen LogP contribution < -0.4 is 5.32 Å². The lowest BCUT2D eigenvalue weighted by Gasteiger charge is -2.24. The summed E-state index contributed by atoms with van der Waals surface area (Å²) in [6.45, 7) is 4.78. The summed E-state index contributed by atoms with van der Waals surface area (Å²) in [4.78, 5) is 0. The standard InChI is InChI=1S/C13H21NO2/c1-10-5-8-16-12(10)11(2)14-9-13(15)6-3-4-7-13/h5,8,11,14-15H,3-4,6-7,9H2,1-2H3. The van der Waals surface area contributed by atoms with Crippen LogP contribution in [0.1, 0.15) is 50.0 Å². The van der Waals surface area contributed by atoms with E-state index in [1.165, 1.54) is 5.56 Å². The lowest BCUT2D eigenvalue weighted by Crippen LogP contribution is -2.39. The van der Waals surface area contributed by atoms with Gasteiger partial charge in [0.25, 0.3) is 0 Å². The zero-order chi connectivity index (χ0) is 11.6. The fraction of sp³-hybridized carbons (Fsp3) is 0.692. The lowest BCUT2D eigenvalue weighted by atomic mass is 10.0. The summed E-state index contributed by atoms with van der Waals surface area (Å²) in [7, 11) is 0. The van der Waals surface area contributed by atoms with Crippen LogP contribution in [0.2, 0.25) is 0 Å². The van der Waals surface area contributed by atoms with Gasteiger partial charge in [0.15, 0.2) is 0 Å². The van der Waals surface area contributed by atoms with E-state index in [4.69, 9.17) is 4.42 Å². The highest BCUT2D eigenvalue weighted by Gasteiger charge is 2.31. The molecular weight excluding hydrogens is 202 g/mol. The summed E-state index contributed by atoms with van der Waals surface area (Å²) in [6, 6.07) is 2.14. The van der Waals surface area contributed by atoms with Crippen molar-refractivity contribution in [2.45, 2.75) is 51.2 Å². The molecule has 0 aliphatic heterocycles. The molecule has 1 aromatic heterocycles. The Morgan fingerprint density at radius 1 is 1.50 bits per heavy atom. The predicted octanol–water partition coefficient (Wildman–Crippen LogP) is 2.54. The second-order valence-corrected chi connectivity index (χ2v) is 5.00. The maximum absolute atomic E-state index is 10.2. The van der Waals surface area contributed by atoms with Crippen LogP contribution in [0.5, 0.6) is 0 Å². The number of furan rings is 1. The maximum atomic E-state index is 10.2. The van der Waals surface area contributed by atoms with Crippen molar-refractivity contribution in [1.29, 1.82) is 0 Å². The first-order valence-electron chi connectivity index (χ1n) is 6.10. The first-order valence-corrected chi connectivity index (χ1v) is 6.10. The topological polar surface area (TPSA) is 45.4 Å². The van der Waals surface area contributed by atoms with Gasteiger partial charge >= 0.3 is 0 Å². The summed E-state index contributed by atoms with van der Waals surface area (Å²) in [5.41, 5.74) is 0.674. The van der Waals surface area contributed by atoms with Crippen LogP contribution in [0.3, 0.4) is 0 Å². The highest BCUT2D eigenvalue weighted by atomic mass is 16.3. The molecule has 1 unspecified atom stereocenters. The largest absolute Gasteiger partial charge is 0.467 e. The SMILES string of the molecule is Cc1ccoc1C(C)NCC1(O)CCCC1. The normalized spacial score (nSPS) is 21.2. The Kier molecular flexibility index (Phi) is 3.36. The van der Waals surface area contributed by atoms with E-state index in [1.54, 1.807) is 6.26 Å². The molecular formula is C13H21NO2. The molecule has 16 heavy (non-hydrogen) atoms. The van der Waals surface area contributed by atoms with Gasteiger partial charge in [-0.05, 0) is 38.3 Å². The Bertz CT molecular complexity index is 339. The molecule has 0 radical (unpaired) electrons. The molecule has 3 heteroatoms. The zero-order valence-electron chi connectivity index (χ0n) is 10.1. The van der Waals surface area contributed by atoms with E-state index >= 15 is 0 Å². The minimum absolute atomic E-state index is 0.166. The van der Waals surface area contributed by atoms with Gasteiger partial charge in [0.1, 0.15) is 5.76 Å². The number of aliphatic hydroxyl groups is 1. The first kappa shape index (κ1) is 11.7. The monoisotopic (exact) mass is 223 g/mol. The number of hydrogen-bond donors (Lipinski definition) is 2. The van der Waals surface area contributed by atoms with Crippen molar-refractivity contribution >= 4 is 0 Å². The van der Waals surface area contributed by atoms with E-state index in [-0.39, 0.29) is 6.04 Å². The summed E-state index contributed by atoms with van der Waals surface area (Å²) < 4.78 is 5.43. The van der Waals surface area contributed by atoms with Gasteiger partial charge in [-0.1, -0.05) is 12.8 Å². The van der Waals surface area contributed by atoms with Gasteiger partial charge in [0, 0.05) is 6.54 Å². The Labute approximate surface area is 96.8 Å².